The molecule has 0 aliphatic carbocycles. The van der Waals surface area contributed by atoms with Crippen molar-refractivity contribution in [2.45, 2.75) is 52.4 Å². The second kappa shape index (κ2) is 9.14. The van der Waals surface area contributed by atoms with Crippen molar-refractivity contribution >= 4 is 5.91 Å². The van der Waals surface area contributed by atoms with Gasteiger partial charge >= 0.3 is 6.18 Å². The van der Waals surface area contributed by atoms with Crippen LogP contribution in [0.5, 0.6) is 0 Å². The molecule has 1 unspecified atom stereocenters. The average molecular weight is 399 g/mol. The minimum Gasteiger partial charge on any atom is -0.366 e. The number of amides is 1. The number of halogens is 4. The summed E-state index contributed by atoms with van der Waals surface area (Å²) in [6.45, 7) is 9.06. The molecule has 2 aromatic rings. The van der Waals surface area contributed by atoms with Gasteiger partial charge in [0.05, 0.1) is 5.56 Å². The van der Waals surface area contributed by atoms with Crippen molar-refractivity contribution in [2.75, 3.05) is 0 Å². The third kappa shape index (κ3) is 7.64. The van der Waals surface area contributed by atoms with Crippen molar-refractivity contribution in [3.8, 4) is 0 Å². The Kier molecular flexibility index (Phi) is 7.69. The number of hydrogen-bond acceptors (Lipinski definition) is 3. The fraction of sp³-hybridized carbons (Fsp3) is 0.400. The van der Waals surface area contributed by atoms with Crippen LogP contribution >= 0.6 is 0 Å². The molecular weight excluding hydrogens is 374 g/mol. The Hall–Kier alpha value is -2.48. The van der Waals surface area contributed by atoms with Crippen molar-refractivity contribution in [1.29, 1.82) is 0 Å². The van der Waals surface area contributed by atoms with E-state index < -0.39 is 29.5 Å². The molecule has 0 fully saturated rings. The second-order valence-corrected chi connectivity index (χ2v) is 7.40. The molecule has 0 radical (unpaired) electrons. The monoisotopic (exact) mass is 399 g/mol. The number of nitrogens with zero attached hydrogens (tertiary/aromatic N) is 1. The standard InChI is InChI=1S/C13H17F4N.C7H8N2O/c1-8(18-12(2,3)4)10-7-9(13(15,16)17)5-6-11(10)14;1-5-4-6(7(8)10)2-3-9-5/h5-8,18H,1-4H3;2-4H,1H3,(H2,8,10). The summed E-state index contributed by atoms with van der Waals surface area (Å²) in [5.74, 6) is -1.04. The van der Waals surface area contributed by atoms with Crippen LogP contribution in [0.1, 0.15) is 60.9 Å². The summed E-state index contributed by atoms with van der Waals surface area (Å²) in [7, 11) is 0. The Bertz CT molecular complexity index is 814. The van der Waals surface area contributed by atoms with Crippen LogP contribution in [0.3, 0.4) is 0 Å². The van der Waals surface area contributed by atoms with Crippen molar-refractivity contribution in [2.24, 2.45) is 5.73 Å². The van der Waals surface area contributed by atoms with Crippen molar-refractivity contribution in [1.82, 2.24) is 10.3 Å². The van der Waals surface area contributed by atoms with E-state index in [4.69, 9.17) is 5.73 Å². The normalized spacial score (nSPS) is 12.8. The first-order valence-corrected chi connectivity index (χ1v) is 8.57. The third-order valence-corrected chi connectivity index (χ3v) is 3.62. The lowest BCUT2D eigenvalue weighted by atomic mass is 10.0. The van der Waals surface area contributed by atoms with E-state index in [0.29, 0.717) is 5.56 Å². The number of aryl methyl sites for hydroxylation is 1. The number of nitrogens with two attached hydrogens (primary N) is 1. The Morgan fingerprint density at radius 2 is 1.75 bits per heavy atom. The zero-order valence-corrected chi connectivity index (χ0v) is 16.5. The maximum absolute atomic E-state index is 13.6. The molecule has 154 valence electrons. The maximum atomic E-state index is 13.6. The van der Waals surface area contributed by atoms with Gasteiger partial charge in [0.1, 0.15) is 5.82 Å². The number of alkyl halides is 3. The smallest absolute Gasteiger partial charge is 0.366 e. The highest BCUT2D eigenvalue weighted by Crippen LogP contribution is 2.32. The van der Waals surface area contributed by atoms with Gasteiger partial charge in [-0.15, -0.1) is 0 Å². The summed E-state index contributed by atoms with van der Waals surface area (Å²) in [4.78, 5) is 14.5. The van der Waals surface area contributed by atoms with Gasteiger partial charge in [-0.05, 0) is 65.0 Å². The summed E-state index contributed by atoms with van der Waals surface area (Å²) in [6.07, 6.45) is -2.89. The largest absolute Gasteiger partial charge is 0.416 e. The molecule has 0 aliphatic rings. The Morgan fingerprint density at radius 3 is 2.18 bits per heavy atom. The number of primary amides is 1. The molecule has 0 bridgehead atoms. The van der Waals surface area contributed by atoms with Crippen LogP contribution in [0.4, 0.5) is 17.6 Å². The molecule has 1 amide bonds. The van der Waals surface area contributed by atoms with Crippen LogP contribution in [0.15, 0.2) is 36.5 Å². The lowest BCUT2D eigenvalue weighted by molar-refractivity contribution is -0.137. The molecule has 1 heterocycles. The number of pyridine rings is 1. The van der Waals surface area contributed by atoms with Crippen molar-refractivity contribution in [3.05, 3.63) is 64.7 Å². The van der Waals surface area contributed by atoms with Gasteiger partial charge in [0.15, 0.2) is 0 Å². The molecular formula is C20H25F4N3O. The first-order chi connectivity index (χ1) is 12.7. The maximum Gasteiger partial charge on any atom is 0.416 e. The molecule has 0 saturated heterocycles. The van der Waals surface area contributed by atoms with E-state index in [9.17, 15) is 22.4 Å². The Balaban J connectivity index is 0.000000330. The van der Waals surface area contributed by atoms with E-state index in [2.05, 4.69) is 10.3 Å². The summed E-state index contributed by atoms with van der Waals surface area (Å²) in [6, 6.07) is 5.23. The zero-order chi connectivity index (χ0) is 21.7. The van der Waals surface area contributed by atoms with Crippen LogP contribution < -0.4 is 11.1 Å². The van der Waals surface area contributed by atoms with Gasteiger partial charge in [0.2, 0.25) is 5.91 Å². The van der Waals surface area contributed by atoms with Crippen LogP contribution in [0.2, 0.25) is 0 Å². The van der Waals surface area contributed by atoms with Gasteiger partial charge in [-0.1, -0.05) is 0 Å². The predicted octanol–water partition coefficient (Wildman–Crippen LogP) is 4.78. The number of aromatic nitrogens is 1. The first kappa shape index (κ1) is 23.6. The summed E-state index contributed by atoms with van der Waals surface area (Å²) < 4.78 is 51.3. The quantitative estimate of drug-likeness (QED) is 0.730. The van der Waals surface area contributed by atoms with E-state index in [1.807, 2.05) is 27.7 Å². The molecule has 1 aromatic heterocycles. The van der Waals surface area contributed by atoms with Crippen molar-refractivity contribution < 1.29 is 22.4 Å². The van der Waals surface area contributed by atoms with Crippen LogP contribution in [0, 0.1) is 12.7 Å². The molecule has 2 rings (SSSR count). The van der Waals surface area contributed by atoms with Crippen LogP contribution in [-0.4, -0.2) is 16.4 Å². The SMILES string of the molecule is CC(NC(C)(C)C)c1cc(C(F)(F)F)ccc1F.Cc1cc(C(N)=O)ccn1. The van der Waals surface area contributed by atoms with Gasteiger partial charge in [-0.25, -0.2) is 4.39 Å². The summed E-state index contributed by atoms with van der Waals surface area (Å²) in [5.41, 5.74) is 5.22. The van der Waals surface area contributed by atoms with E-state index in [-0.39, 0.29) is 11.1 Å². The lowest BCUT2D eigenvalue weighted by Crippen LogP contribution is -2.38. The van der Waals surface area contributed by atoms with E-state index in [0.717, 1.165) is 23.9 Å². The highest BCUT2D eigenvalue weighted by Gasteiger charge is 2.31. The molecule has 0 spiro atoms. The van der Waals surface area contributed by atoms with E-state index in [1.54, 1.807) is 25.3 Å². The minimum atomic E-state index is -4.45. The van der Waals surface area contributed by atoms with Gasteiger partial charge < -0.3 is 11.1 Å². The summed E-state index contributed by atoms with van der Waals surface area (Å²) >= 11 is 0. The fourth-order valence-corrected chi connectivity index (χ4v) is 2.48. The number of benzene rings is 1. The van der Waals surface area contributed by atoms with Gasteiger partial charge in [0, 0.05) is 34.6 Å². The average Bonchev–Trinajstić information content (AvgIpc) is 2.53. The van der Waals surface area contributed by atoms with Crippen LogP contribution in [-0.2, 0) is 6.18 Å². The number of carbonyl (C=O) groups excluding carboxylic acids is 1. The third-order valence-electron chi connectivity index (χ3n) is 3.62. The Morgan fingerprint density at radius 1 is 1.14 bits per heavy atom. The van der Waals surface area contributed by atoms with Gasteiger partial charge in [-0.2, -0.15) is 13.2 Å². The molecule has 0 aliphatic heterocycles. The number of rotatable bonds is 3. The number of hydrogen-bond donors (Lipinski definition) is 2. The summed E-state index contributed by atoms with van der Waals surface area (Å²) in [5, 5.41) is 3.05. The molecule has 4 nitrogen and oxygen atoms in total. The predicted molar refractivity (Wildman–Crippen MR) is 100 cm³/mol. The Labute approximate surface area is 162 Å². The van der Waals surface area contributed by atoms with Gasteiger partial charge in [0.25, 0.3) is 0 Å². The van der Waals surface area contributed by atoms with Crippen LogP contribution in [0.25, 0.3) is 0 Å². The fourth-order valence-electron chi connectivity index (χ4n) is 2.48. The molecule has 1 aromatic carbocycles. The molecule has 8 heteroatoms. The topological polar surface area (TPSA) is 68.0 Å². The van der Waals surface area contributed by atoms with E-state index in [1.165, 1.54) is 0 Å². The highest BCUT2D eigenvalue weighted by molar-refractivity contribution is 5.92. The number of nitrogens with one attached hydrogen (secondary N) is 1. The molecule has 3 N–H and O–H groups in total. The number of carbonyl (C=O) groups is 1. The second-order valence-electron chi connectivity index (χ2n) is 7.40. The lowest BCUT2D eigenvalue weighted by Gasteiger charge is -2.27. The van der Waals surface area contributed by atoms with E-state index >= 15 is 0 Å². The molecule has 28 heavy (non-hydrogen) atoms. The highest BCUT2D eigenvalue weighted by atomic mass is 19.4. The van der Waals surface area contributed by atoms with Gasteiger partial charge in [-0.3, -0.25) is 9.78 Å². The molecule has 1 atom stereocenters. The molecule has 0 saturated carbocycles. The first-order valence-electron chi connectivity index (χ1n) is 8.57. The van der Waals surface area contributed by atoms with Crippen molar-refractivity contribution in [3.63, 3.8) is 0 Å². The minimum absolute atomic E-state index is 0.0275. The zero-order valence-electron chi connectivity index (χ0n) is 16.5.